The number of halogens is 1. The lowest BCUT2D eigenvalue weighted by Crippen LogP contribution is -2.12. The smallest absolute Gasteiger partial charge is 0.135 e. The van der Waals surface area contributed by atoms with Crippen LogP contribution in [-0.2, 0) is 6.42 Å². The molecular weight excluding hydrogens is 271 g/mol. The van der Waals surface area contributed by atoms with E-state index in [0.29, 0.717) is 0 Å². The van der Waals surface area contributed by atoms with Crippen LogP contribution < -0.4 is 11.1 Å². The van der Waals surface area contributed by atoms with Gasteiger partial charge in [-0.15, -0.1) is 0 Å². The van der Waals surface area contributed by atoms with Gasteiger partial charge in [0.1, 0.15) is 10.8 Å². The molecule has 0 aliphatic heterocycles. The maximum atomic E-state index is 13.7. The molecule has 2 aromatic rings. The van der Waals surface area contributed by atoms with E-state index in [-0.39, 0.29) is 10.6 Å². The van der Waals surface area contributed by atoms with E-state index >= 15 is 0 Å². The minimum absolute atomic E-state index is 0.0777. The number of hydrogen-bond donors (Lipinski definition) is 2. The fraction of sp³-hybridized carbons (Fsp3) is 0.188. The SMILES string of the molecule is Cc1ccccc1CCNc1ccc(C(N)=S)c(F)c1. The van der Waals surface area contributed by atoms with Crippen molar-refractivity contribution in [3.63, 3.8) is 0 Å². The lowest BCUT2D eigenvalue weighted by Gasteiger charge is -2.09. The van der Waals surface area contributed by atoms with Gasteiger partial charge in [-0.25, -0.2) is 4.39 Å². The third-order valence-electron chi connectivity index (χ3n) is 3.22. The number of nitrogens with two attached hydrogens (primary N) is 1. The van der Waals surface area contributed by atoms with Crippen molar-refractivity contribution in [3.8, 4) is 0 Å². The fourth-order valence-corrected chi connectivity index (χ4v) is 2.22. The maximum absolute atomic E-state index is 13.7. The molecule has 0 spiro atoms. The summed E-state index contributed by atoms with van der Waals surface area (Å²) < 4.78 is 13.7. The molecule has 104 valence electrons. The molecule has 0 aliphatic carbocycles. The number of thiocarbonyl (C=S) groups is 1. The van der Waals surface area contributed by atoms with Crippen LogP contribution in [0.1, 0.15) is 16.7 Å². The molecule has 0 aromatic heterocycles. The van der Waals surface area contributed by atoms with Gasteiger partial charge in [0.25, 0.3) is 0 Å². The summed E-state index contributed by atoms with van der Waals surface area (Å²) in [6, 6.07) is 13.1. The minimum Gasteiger partial charge on any atom is -0.389 e. The van der Waals surface area contributed by atoms with Crippen molar-refractivity contribution in [2.45, 2.75) is 13.3 Å². The van der Waals surface area contributed by atoms with E-state index in [1.54, 1.807) is 12.1 Å². The van der Waals surface area contributed by atoms with Gasteiger partial charge >= 0.3 is 0 Å². The zero-order chi connectivity index (χ0) is 14.5. The van der Waals surface area contributed by atoms with Gasteiger partial charge in [-0.2, -0.15) is 0 Å². The van der Waals surface area contributed by atoms with Crippen molar-refractivity contribution in [1.29, 1.82) is 0 Å². The third kappa shape index (κ3) is 3.54. The molecule has 2 aromatic carbocycles. The van der Waals surface area contributed by atoms with E-state index in [4.69, 9.17) is 18.0 Å². The molecule has 20 heavy (non-hydrogen) atoms. The molecule has 2 rings (SSSR count). The summed E-state index contributed by atoms with van der Waals surface area (Å²) >= 11 is 4.78. The molecule has 0 saturated heterocycles. The van der Waals surface area contributed by atoms with Gasteiger partial charge in [-0.1, -0.05) is 36.5 Å². The monoisotopic (exact) mass is 288 g/mol. The van der Waals surface area contributed by atoms with E-state index in [0.717, 1.165) is 18.7 Å². The second-order valence-electron chi connectivity index (χ2n) is 4.66. The Morgan fingerprint density at radius 3 is 2.65 bits per heavy atom. The summed E-state index contributed by atoms with van der Waals surface area (Å²) in [6.45, 7) is 2.84. The Bertz CT molecular complexity index is 626. The first-order chi connectivity index (χ1) is 9.58. The molecule has 2 nitrogen and oxygen atoms in total. The first-order valence-electron chi connectivity index (χ1n) is 6.45. The lowest BCUT2D eigenvalue weighted by atomic mass is 10.1. The highest BCUT2D eigenvalue weighted by Gasteiger charge is 2.05. The van der Waals surface area contributed by atoms with E-state index in [1.165, 1.54) is 17.2 Å². The van der Waals surface area contributed by atoms with Crippen LogP contribution in [0.5, 0.6) is 0 Å². The summed E-state index contributed by atoms with van der Waals surface area (Å²) in [4.78, 5) is 0.0777. The first-order valence-corrected chi connectivity index (χ1v) is 6.86. The van der Waals surface area contributed by atoms with Crippen molar-refractivity contribution in [2.24, 2.45) is 5.73 Å². The molecular formula is C16H17FN2S. The Morgan fingerprint density at radius 1 is 1.25 bits per heavy atom. The van der Waals surface area contributed by atoms with Crippen LogP contribution in [0.2, 0.25) is 0 Å². The molecule has 0 amide bonds. The van der Waals surface area contributed by atoms with Crippen molar-refractivity contribution in [3.05, 3.63) is 65.0 Å². The number of anilines is 1. The number of benzene rings is 2. The van der Waals surface area contributed by atoms with Crippen LogP contribution in [0.3, 0.4) is 0 Å². The number of nitrogens with one attached hydrogen (secondary N) is 1. The van der Waals surface area contributed by atoms with Crippen molar-refractivity contribution >= 4 is 22.9 Å². The van der Waals surface area contributed by atoms with Crippen LogP contribution >= 0.6 is 12.2 Å². The minimum atomic E-state index is -0.390. The normalized spacial score (nSPS) is 10.3. The van der Waals surface area contributed by atoms with E-state index in [1.807, 2.05) is 12.1 Å². The fourth-order valence-electron chi connectivity index (χ4n) is 2.06. The van der Waals surface area contributed by atoms with Crippen LogP contribution in [0, 0.1) is 12.7 Å². The molecule has 0 bridgehead atoms. The molecule has 0 radical (unpaired) electrons. The Labute approximate surface area is 123 Å². The number of hydrogen-bond acceptors (Lipinski definition) is 2. The van der Waals surface area contributed by atoms with Gasteiger partial charge in [-0.05, 0) is 42.7 Å². The standard InChI is InChI=1S/C16H17FN2S/c1-11-4-2-3-5-12(11)8-9-19-13-6-7-14(16(18)20)15(17)10-13/h2-7,10,19H,8-9H2,1H3,(H2,18,20). The average molecular weight is 288 g/mol. The molecule has 0 unspecified atom stereocenters. The van der Waals surface area contributed by atoms with Gasteiger partial charge in [0.15, 0.2) is 0 Å². The van der Waals surface area contributed by atoms with Crippen LogP contribution in [-0.4, -0.2) is 11.5 Å². The van der Waals surface area contributed by atoms with Crippen LogP contribution in [0.4, 0.5) is 10.1 Å². The second-order valence-corrected chi connectivity index (χ2v) is 5.10. The topological polar surface area (TPSA) is 38.0 Å². The first kappa shape index (κ1) is 14.5. The Balaban J connectivity index is 1.97. The highest BCUT2D eigenvalue weighted by atomic mass is 32.1. The second kappa shape index (κ2) is 6.48. The quantitative estimate of drug-likeness (QED) is 0.828. The highest BCUT2D eigenvalue weighted by molar-refractivity contribution is 7.80. The molecule has 0 atom stereocenters. The van der Waals surface area contributed by atoms with E-state index in [2.05, 4.69) is 24.4 Å². The average Bonchev–Trinajstić information content (AvgIpc) is 2.40. The van der Waals surface area contributed by atoms with Gasteiger partial charge in [0.2, 0.25) is 0 Å². The third-order valence-corrected chi connectivity index (χ3v) is 3.44. The van der Waals surface area contributed by atoms with E-state index in [9.17, 15) is 4.39 Å². The predicted molar refractivity (Wildman–Crippen MR) is 85.7 cm³/mol. The maximum Gasteiger partial charge on any atom is 0.135 e. The Morgan fingerprint density at radius 2 is 2.00 bits per heavy atom. The van der Waals surface area contributed by atoms with E-state index < -0.39 is 5.82 Å². The summed E-state index contributed by atoms with van der Waals surface area (Å²) in [7, 11) is 0. The van der Waals surface area contributed by atoms with Gasteiger partial charge < -0.3 is 11.1 Å². The molecule has 4 heteroatoms. The number of rotatable bonds is 5. The van der Waals surface area contributed by atoms with Gasteiger partial charge in [0.05, 0.1) is 0 Å². The molecule has 0 heterocycles. The van der Waals surface area contributed by atoms with Crippen molar-refractivity contribution in [2.75, 3.05) is 11.9 Å². The number of aryl methyl sites for hydroxylation is 1. The highest BCUT2D eigenvalue weighted by Crippen LogP contribution is 2.15. The molecule has 3 N–H and O–H groups in total. The van der Waals surface area contributed by atoms with Gasteiger partial charge in [0, 0.05) is 17.8 Å². The molecule has 0 aliphatic rings. The summed E-state index contributed by atoms with van der Waals surface area (Å²) in [6.07, 6.45) is 0.894. The summed E-state index contributed by atoms with van der Waals surface area (Å²) in [5.41, 5.74) is 9.00. The van der Waals surface area contributed by atoms with Crippen molar-refractivity contribution < 1.29 is 4.39 Å². The lowest BCUT2D eigenvalue weighted by molar-refractivity contribution is 0.626. The Hall–Kier alpha value is -1.94. The van der Waals surface area contributed by atoms with Crippen LogP contribution in [0.25, 0.3) is 0 Å². The summed E-state index contributed by atoms with van der Waals surface area (Å²) in [5, 5.41) is 3.20. The zero-order valence-electron chi connectivity index (χ0n) is 11.3. The molecule has 0 fully saturated rings. The Kier molecular flexibility index (Phi) is 4.69. The summed E-state index contributed by atoms with van der Waals surface area (Å²) in [5.74, 6) is -0.390. The van der Waals surface area contributed by atoms with Crippen molar-refractivity contribution in [1.82, 2.24) is 0 Å². The van der Waals surface area contributed by atoms with Crippen LogP contribution in [0.15, 0.2) is 42.5 Å². The largest absolute Gasteiger partial charge is 0.389 e. The predicted octanol–water partition coefficient (Wildman–Crippen LogP) is 3.42. The molecule has 0 saturated carbocycles. The zero-order valence-corrected chi connectivity index (χ0v) is 12.1. The van der Waals surface area contributed by atoms with Gasteiger partial charge in [-0.3, -0.25) is 0 Å².